The van der Waals surface area contributed by atoms with Crippen LogP contribution in [0.25, 0.3) is 0 Å². The Morgan fingerprint density at radius 2 is 1.96 bits per heavy atom. The molecule has 3 N–H and O–H groups in total. The highest BCUT2D eigenvalue weighted by Gasteiger charge is 2.39. The molecule has 0 saturated heterocycles. The molecule has 4 nitrogen and oxygen atoms in total. The van der Waals surface area contributed by atoms with Gasteiger partial charge in [-0.25, -0.2) is 8.70 Å². The van der Waals surface area contributed by atoms with Crippen LogP contribution in [0.15, 0.2) is 42.5 Å². The van der Waals surface area contributed by atoms with Crippen LogP contribution in [0.2, 0.25) is 0 Å². The third-order valence-electron chi connectivity index (χ3n) is 4.71. The summed E-state index contributed by atoms with van der Waals surface area (Å²) in [5, 5.41) is 2.76. The van der Waals surface area contributed by atoms with Crippen molar-refractivity contribution < 1.29 is 13.5 Å². The fraction of sp³-hybridized carbons (Fsp3) is 0.368. The second-order valence-corrected chi connectivity index (χ2v) is 8.64. The summed E-state index contributed by atoms with van der Waals surface area (Å²) in [6.07, 6.45) is 1.98. The summed E-state index contributed by atoms with van der Waals surface area (Å²) in [6, 6.07) is 12.2. The highest BCUT2D eigenvalue weighted by molar-refractivity contribution is 8.26. The van der Waals surface area contributed by atoms with Gasteiger partial charge in [-0.1, -0.05) is 18.2 Å². The van der Waals surface area contributed by atoms with E-state index >= 15 is 0 Å². The first-order valence-electron chi connectivity index (χ1n) is 8.51. The molecule has 1 aliphatic rings. The molecule has 3 rings (SSSR count). The Bertz CT molecular complexity index is 754. The Hall–Kier alpha value is -1.60. The summed E-state index contributed by atoms with van der Waals surface area (Å²) < 4.78 is 37.7. The lowest BCUT2D eigenvalue weighted by molar-refractivity contribution is 0.454. The number of nitrogens with one attached hydrogen (secondary N) is 1. The standard InChI is InChI=1S/C19H25FN2O2S/c1-14-6-3-4-8-18(14)22-19-10-9-16(20)12-15(19)13-17(25(22,23)24)7-5-11-21-2/h3-4,6,8-10,12,17,21,23-24H,5,7,11,13H2,1-2H3/t17-/m1/s1. The topological polar surface area (TPSA) is 55.7 Å². The lowest BCUT2D eigenvalue weighted by atomic mass is 10.0. The molecule has 1 heterocycles. The van der Waals surface area contributed by atoms with Crippen molar-refractivity contribution in [1.82, 2.24) is 5.32 Å². The van der Waals surface area contributed by atoms with Crippen LogP contribution in [-0.2, 0) is 6.42 Å². The number of hydrogen-bond donors (Lipinski definition) is 3. The molecule has 0 aliphatic carbocycles. The average Bonchev–Trinajstić information content (AvgIpc) is 2.57. The number of nitrogens with zero attached hydrogens (tertiary/aromatic N) is 1. The van der Waals surface area contributed by atoms with Gasteiger partial charge in [-0.15, -0.1) is 10.8 Å². The van der Waals surface area contributed by atoms with Gasteiger partial charge < -0.3 is 5.32 Å². The first-order chi connectivity index (χ1) is 11.9. The van der Waals surface area contributed by atoms with E-state index in [0.717, 1.165) is 29.8 Å². The van der Waals surface area contributed by atoms with E-state index in [9.17, 15) is 13.5 Å². The Balaban J connectivity index is 2.08. The van der Waals surface area contributed by atoms with E-state index in [-0.39, 0.29) is 11.1 Å². The van der Waals surface area contributed by atoms with Gasteiger partial charge in [0.05, 0.1) is 16.6 Å². The molecule has 6 heteroatoms. The predicted molar refractivity (Wildman–Crippen MR) is 103 cm³/mol. The van der Waals surface area contributed by atoms with Gasteiger partial charge in [-0.2, -0.15) is 0 Å². The molecule has 0 fully saturated rings. The number of hydrogen-bond acceptors (Lipinski definition) is 4. The molecule has 2 aromatic carbocycles. The van der Waals surface area contributed by atoms with E-state index in [2.05, 4.69) is 5.32 Å². The first-order valence-corrected chi connectivity index (χ1v) is 10.1. The zero-order valence-corrected chi connectivity index (χ0v) is 15.4. The van der Waals surface area contributed by atoms with Crippen LogP contribution in [0.3, 0.4) is 0 Å². The van der Waals surface area contributed by atoms with Gasteiger partial charge in [0.2, 0.25) is 0 Å². The Morgan fingerprint density at radius 3 is 2.68 bits per heavy atom. The van der Waals surface area contributed by atoms with Gasteiger partial charge in [-0.05, 0) is 75.2 Å². The second-order valence-electron chi connectivity index (χ2n) is 6.49. The summed E-state index contributed by atoms with van der Waals surface area (Å²) in [7, 11) is -1.19. The fourth-order valence-corrected chi connectivity index (χ4v) is 5.55. The zero-order chi connectivity index (χ0) is 18.0. The molecule has 0 aromatic heterocycles. The van der Waals surface area contributed by atoms with E-state index in [1.807, 2.05) is 38.2 Å². The van der Waals surface area contributed by atoms with E-state index in [0.29, 0.717) is 18.5 Å². The third-order valence-corrected chi connectivity index (χ3v) is 6.94. The van der Waals surface area contributed by atoms with Crippen molar-refractivity contribution in [2.75, 3.05) is 17.9 Å². The Labute approximate surface area is 150 Å². The van der Waals surface area contributed by atoms with Gasteiger partial charge >= 0.3 is 0 Å². The lowest BCUT2D eigenvalue weighted by Crippen LogP contribution is -2.38. The van der Waals surface area contributed by atoms with Crippen LogP contribution in [0.1, 0.15) is 24.0 Å². The molecule has 0 spiro atoms. The van der Waals surface area contributed by atoms with Gasteiger partial charge in [0.15, 0.2) is 0 Å². The van der Waals surface area contributed by atoms with Crippen molar-refractivity contribution in [2.24, 2.45) is 0 Å². The van der Waals surface area contributed by atoms with E-state index in [1.54, 1.807) is 10.4 Å². The van der Waals surface area contributed by atoms with Crippen LogP contribution in [0.4, 0.5) is 15.8 Å². The first kappa shape index (κ1) is 18.2. The maximum Gasteiger partial charge on any atom is 0.123 e. The molecule has 25 heavy (non-hydrogen) atoms. The highest BCUT2D eigenvalue weighted by Crippen LogP contribution is 2.61. The molecular weight excluding hydrogens is 339 g/mol. The number of benzene rings is 2. The minimum Gasteiger partial charge on any atom is -0.320 e. The maximum absolute atomic E-state index is 13.8. The van der Waals surface area contributed by atoms with E-state index in [1.165, 1.54) is 12.1 Å². The Morgan fingerprint density at radius 1 is 1.20 bits per heavy atom. The van der Waals surface area contributed by atoms with Gasteiger partial charge in [0.25, 0.3) is 0 Å². The second kappa shape index (κ2) is 7.33. The average molecular weight is 364 g/mol. The molecule has 0 bridgehead atoms. The number of para-hydroxylation sites is 1. The third kappa shape index (κ3) is 3.53. The minimum absolute atomic E-state index is 0.296. The summed E-state index contributed by atoms with van der Waals surface area (Å²) in [6.45, 7) is 2.76. The van der Waals surface area contributed by atoms with Crippen molar-refractivity contribution in [2.45, 2.75) is 31.4 Å². The van der Waals surface area contributed by atoms with Crippen LogP contribution in [-0.4, -0.2) is 27.9 Å². The minimum atomic E-state index is -3.06. The largest absolute Gasteiger partial charge is 0.320 e. The van der Waals surface area contributed by atoms with Crippen molar-refractivity contribution in [3.05, 3.63) is 59.4 Å². The normalized spacial score (nSPS) is 20.2. The monoisotopic (exact) mass is 364 g/mol. The van der Waals surface area contributed by atoms with Gasteiger partial charge in [0.1, 0.15) is 5.82 Å². The summed E-state index contributed by atoms with van der Waals surface area (Å²) in [4.78, 5) is 0. The SMILES string of the molecule is CNCCC[C@@H]1Cc2cc(F)ccc2N(c2ccccc2C)S1(O)O. The smallest absolute Gasteiger partial charge is 0.123 e. The molecule has 0 saturated carbocycles. The van der Waals surface area contributed by atoms with Crippen LogP contribution >= 0.6 is 10.8 Å². The summed E-state index contributed by atoms with van der Waals surface area (Å²) in [5.41, 5.74) is 3.21. The molecular formula is C19H25FN2O2S. The van der Waals surface area contributed by atoms with Crippen molar-refractivity contribution in [1.29, 1.82) is 0 Å². The van der Waals surface area contributed by atoms with Crippen molar-refractivity contribution in [3.8, 4) is 0 Å². The maximum atomic E-state index is 13.8. The Kier molecular flexibility index (Phi) is 5.34. The zero-order valence-electron chi connectivity index (χ0n) is 14.6. The van der Waals surface area contributed by atoms with Gasteiger partial charge in [0, 0.05) is 0 Å². The highest BCUT2D eigenvalue weighted by atomic mass is 32.3. The van der Waals surface area contributed by atoms with Crippen LogP contribution < -0.4 is 9.62 Å². The lowest BCUT2D eigenvalue weighted by Gasteiger charge is -2.53. The number of aryl methyl sites for hydroxylation is 1. The van der Waals surface area contributed by atoms with Crippen molar-refractivity contribution in [3.63, 3.8) is 0 Å². The number of anilines is 2. The molecule has 1 aliphatic heterocycles. The van der Waals surface area contributed by atoms with Gasteiger partial charge in [-0.3, -0.25) is 9.11 Å². The number of rotatable bonds is 5. The molecule has 1 atom stereocenters. The van der Waals surface area contributed by atoms with E-state index in [4.69, 9.17) is 0 Å². The quantitative estimate of drug-likeness (QED) is 0.663. The van der Waals surface area contributed by atoms with Crippen molar-refractivity contribution >= 4 is 22.2 Å². The number of fused-ring (bicyclic) bond motifs is 1. The van der Waals surface area contributed by atoms with Crippen LogP contribution in [0.5, 0.6) is 0 Å². The predicted octanol–water partition coefficient (Wildman–Crippen LogP) is 4.86. The summed E-state index contributed by atoms with van der Waals surface area (Å²) in [5.74, 6) is -0.296. The fourth-order valence-electron chi connectivity index (χ4n) is 3.40. The molecule has 0 unspecified atom stereocenters. The molecule has 136 valence electrons. The molecule has 0 amide bonds. The molecule has 0 radical (unpaired) electrons. The van der Waals surface area contributed by atoms with E-state index < -0.39 is 10.8 Å². The number of halogens is 1. The van der Waals surface area contributed by atoms with Crippen LogP contribution in [0, 0.1) is 12.7 Å². The molecule has 2 aromatic rings. The summed E-state index contributed by atoms with van der Waals surface area (Å²) >= 11 is 0.